The Bertz CT molecular complexity index is 861. The molecule has 0 atom stereocenters. The molecule has 5 nitrogen and oxygen atoms in total. The minimum atomic E-state index is -0.442. The minimum absolute atomic E-state index is 0.279. The molecule has 0 fully saturated rings. The van der Waals surface area contributed by atoms with Crippen molar-refractivity contribution in [2.24, 2.45) is 0 Å². The molecule has 6 heteroatoms. The van der Waals surface area contributed by atoms with Gasteiger partial charge < -0.3 is 9.84 Å². The highest BCUT2D eigenvalue weighted by molar-refractivity contribution is 5.94. The highest BCUT2D eigenvalue weighted by Gasteiger charge is 2.11. The summed E-state index contributed by atoms with van der Waals surface area (Å²) in [5.74, 6) is 0.183. The standard InChI is InChI=1S/C18H16FN3O2/c1-12-5-2-3-8-15(12)17-21-16(24-22-17)9-10-20-18(23)13-6-4-7-14(19)11-13/h2-8,11H,9-10H2,1H3,(H,20,23). The average Bonchev–Trinajstić information content (AvgIpc) is 3.04. The molecule has 24 heavy (non-hydrogen) atoms. The first-order valence-electron chi connectivity index (χ1n) is 7.56. The van der Waals surface area contributed by atoms with E-state index in [4.69, 9.17) is 4.52 Å². The van der Waals surface area contributed by atoms with Crippen molar-refractivity contribution in [3.8, 4) is 11.4 Å². The van der Waals surface area contributed by atoms with Crippen molar-refractivity contribution in [2.75, 3.05) is 6.54 Å². The molecule has 3 rings (SSSR count). The van der Waals surface area contributed by atoms with Gasteiger partial charge in [0.1, 0.15) is 5.82 Å². The highest BCUT2D eigenvalue weighted by Crippen LogP contribution is 2.19. The molecular weight excluding hydrogens is 309 g/mol. The summed E-state index contributed by atoms with van der Waals surface area (Å²) < 4.78 is 18.3. The first-order chi connectivity index (χ1) is 11.6. The molecule has 0 radical (unpaired) electrons. The summed E-state index contributed by atoms with van der Waals surface area (Å²) in [6, 6.07) is 13.3. The predicted molar refractivity (Wildman–Crippen MR) is 86.9 cm³/mol. The fourth-order valence-electron chi connectivity index (χ4n) is 2.30. The summed E-state index contributed by atoms with van der Waals surface area (Å²) >= 11 is 0. The van der Waals surface area contributed by atoms with Gasteiger partial charge in [0, 0.05) is 24.1 Å². The van der Waals surface area contributed by atoms with Gasteiger partial charge in [0.15, 0.2) is 0 Å². The second kappa shape index (κ2) is 7.04. The van der Waals surface area contributed by atoms with Crippen LogP contribution in [0, 0.1) is 12.7 Å². The predicted octanol–water partition coefficient (Wildman–Crippen LogP) is 3.16. The number of nitrogens with one attached hydrogen (secondary N) is 1. The van der Waals surface area contributed by atoms with Gasteiger partial charge in [0.2, 0.25) is 11.7 Å². The van der Waals surface area contributed by atoms with Crippen LogP contribution in [0.1, 0.15) is 21.8 Å². The van der Waals surface area contributed by atoms with Crippen molar-refractivity contribution in [3.63, 3.8) is 0 Å². The molecule has 0 aliphatic rings. The van der Waals surface area contributed by atoms with Gasteiger partial charge in [-0.25, -0.2) is 4.39 Å². The summed E-state index contributed by atoms with van der Waals surface area (Å²) in [6.07, 6.45) is 0.403. The summed E-state index contributed by atoms with van der Waals surface area (Å²) in [5.41, 5.74) is 2.25. The maximum Gasteiger partial charge on any atom is 0.251 e. The fourth-order valence-corrected chi connectivity index (χ4v) is 2.30. The largest absolute Gasteiger partial charge is 0.352 e. The van der Waals surface area contributed by atoms with E-state index in [9.17, 15) is 9.18 Å². The van der Waals surface area contributed by atoms with Crippen molar-refractivity contribution >= 4 is 5.91 Å². The van der Waals surface area contributed by atoms with Gasteiger partial charge in [-0.15, -0.1) is 0 Å². The molecule has 0 bridgehead atoms. The van der Waals surface area contributed by atoms with E-state index in [0.29, 0.717) is 24.7 Å². The Hall–Kier alpha value is -3.02. The zero-order chi connectivity index (χ0) is 16.9. The first kappa shape index (κ1) is 15.9. The Balaban J connectivity index is 1.58. The summed E-state index contributed by atoms with van der Waals surface area (Å²) in [7, 11) is 0. The van der Waals surface area contributed by atoms with Crippen LogP contribution >= 0.6 is 0 Å². The maximum atomic E-state index is 13.1. The van der Waals surface area contributed by atoms with Crippen LogP contribution in [-0.2, 0) is 6.42 Å². The van der Waals surface area contributed by atoms with Crippen LogP contribution in [0.3, 0.4) is 0 Å². The van der Waals surface area contributed by atoms with Crippen LogP contribution in [-0.4, -0.2) is 22.6 Å². The molecule has 2 aromatic carbocycles. The van der Waals surface area contributed by atoms with Crippen LogP contribution in [0.15, 0.2) is 53.1 Å². The molecule has 0 spiro atoms. The SMILES string of the molecule is Cc1ccccc1-c1noc(CCNC(=O)c2cccc(F)c2)n1. The lowest BCUT2D eigenvalue weighted by Gasteiger charge is -2.03. The Morgan fingerprint density at radius 1 is 1.21 bits per heavy atom. The molecule has 122 valence electrons. The number of aryl methyl sites for hydroxylation is 1. The van der Waals surface area contributed by atoms with E-state index in [1.807, 2.05) is 31.2 Å². The Labute approximate surface area is 138 Å². The number of benzene rings is 2. The summed E-state index contributed by atoms with van der Waals surface area (Å²) in [4.78, 5) is 16.2. The molecule has 3 aromatic rings. The number of hydrogen-bond acceptors (Lipinski definition) is 4. The van der Waals surface area contributed by atoms with E-state index in [1.54, 1.807) is 6.07 Å². The molecule has 0 aliphatic carbocycles. The average molecular weight is 325 g/mol. The maximum absolute atomic E-state index is 13.1. The van der Waals surface area contributed by atoms with E-state index in [2.05, 4.69) is 15.5 Å². The van der Waals surface area contributed by atoms with Crippen molar-refractivity contribution in [3.05, 3.63) is 71.4 Å². The van der Waals surface area contributed by atoms with E-state index >= 15 is 0 Å². The third-order valence-electron chi connectivity index (χ3n) is 3.57. The summed E-state index contributed by atoms with van der Waals surface area (Å²) in [5, 5.41) is 6.67. The summed E-state index contributed by atoms with van der Waals surface area (Å²) in [6.45, 7) is 2.30. The lowest BCUT2D eigenvalue weighted by molar-refractivity contribution is 0.0953. The molecule has 1 aromatic heterocycles. The Kier molecular flexibility index (Phi) is 4.65. The third-order valence-corrected chi connectivity index (χ3v) is 3.57. The number of halogens is 1. The molecule has 1 heterocycles. The van der Waals surface area contributed by atoms with Crippen molar-refractivity contribution in [1.29, 1.82) is 0 Å². The zero-order valence-corrected chi connectivity index (χ0v) is 13.1. The van der Waals surface area contributed by atoms with Crippen molar-refractivity contribution in [2.45, 2.75) is 13.3 Å². The third kappa shape index (κ3) is 3.65. The van der Waals surface area contributed by atoms with Gasteiger partial charge in [0.05, 0.1) is 0 Å². The molecule has 1 N–H and O–H groups in total. The fraction of sp³-hybridized carbons (Fsp3) is 0.167. The number of amides is 1. The van der Waals surface area contributed by atoms with Crippen LogP contribution in [0.25, 0.3) is 11.4 Å². The number of carbonyl (C=O) groups is 1. The van der Waals surface area contributed by atoms with Gasteiger partial charge in [-0.3, -0.25) is 4.79 Å². The lowest BCUT2D eigenvalue weighted by atomic mass is 10.1. The number of rotatable bonds is 5. The lowest BCUT2D eigenvalue weighted by Crippen LogP contribution is -2.25. The van der Waals surface area contributed by atoms with E-state index < -0.39 is 5.82 Å². The number of nitrogens with zero attached hydrogens (tertiary/aromatic N) is 2. The molecule has 1 amide bonds. The molecular formula is C18H16FN3O2. The molecule has 0 unspecified atom stereocenters. The van der Waals surface area contributed by atoms with Crippen LogP contribution < -0.4 is 5.32 Å². The quantitative estimate of drug-likeness (QED) is 0.782. The Morgan fingerprint density at radius 3 is 2.83 bits per heavy atom. The molecule has 0 aliphatic heterocycles. The number of carbonyl (C=O) groups excluding carboxylic acids is 1. The molecule has 0 saturated heterocycles. The normalized spacial score (nSPS) is 10.6. The highest BCUT2D eigenvalue weighted by atomic mass is 19.1. The monoisotopic (exact) mass is 325 g/mol. The van der Waals surface area contributed by atoms with Crippen LogP contribution in [0.5, 0.6) is 0 Å². The topological polar surface area (TPSA) is 68.0 Å². The van der Waals surface area contributed by atoms with Crippen molar-refractivity contribution < 1.29 is 13.7 Å². The minimum Gasteiger partial charge on any atom is -0.352 e. The van der Waals surface area contributed by atoms with Crippen molar-refractivity contribution in [1.82, 2.24) is 15.5 Å². The molecule has 0 saturated carbocycles. The van der Waals surface area contributed by atoms with Gasteiger partial charge in [-0.1, -0.05) is 35.5 Å². The van der Waals surface area contributed by atoms with Gasteiger partial charge in [0.25, 0.3) is 5.91 Å². The number of aromatic nitrogens is 2. The van der Waals surface area contributed by atoms with E-state index in [0.717, 1.165) is 11.1 Å². The van der Waals surface area contributed by atoms with Gasteiger partial charge in [-0.2, -0.15) is 4.98 Å². The van der Waals surface area contributed by atoms with E-state index in [1.165, 1.54) is 18.2 Å². The van der Waals surface area contributed by atoms with Gasteiger partial charge in [-0.05, 0) is 30.7 Å². The van der Waals surface area contributed by atoms with E-state index in [-0.39, 0.29) is 11.5 Å². The van der Waals surface area contributed by atoms with Gasteiger partial charge >= 0.3 is 0 Å². The smallest absolute Gasteiger partial charge is 0.251 e. The zero-order valence-electron chi connectivity index (χ0n) is 13.1. The van der Waals surface area contributed by atoms with Crippen LogP contribution in [0.2, 0.25) is 0 Å². The van der Waals surface area contributed by atoms with Crippen LogP contribution in [0.4, 0.5) is 4.39 Å². The first-order valence-corrected chi connectivity index (χ1v) is 7.56. The Morgan fingerprint density at radius 2 is 2.04 bits per heavy atom. The second-order valence-corrected chi connectivity index (χ2v) is 5.34. The second-order valence-electron chi connectivity index (χ2n) is 5.34. The number of hydrogen-bond donors (Lipinski definition) is 1.